The average Bonchev–Trinajstić information content (AvgIpc) is 2.92. The molecule has 1 aliphatic heterocycles. The van der Waals surface area contributed by atoms with Crippen molar-refractivity contribution in [3.8, 4) is 17.0 Å². The van der Waals surface area contributed by atoms with Crippen molar-refractivity contribution in [1.82, 2.24) is 15.2 Å². The summed E-state index contributed by atoms with van der Waals surface area (Å²) in [7, 11) is 1.66. The fourth-order valence-electron chi connectivity index (χ4n) is 4.37. The van der Waals surface area contributed by atoms with Crippen LogP contribution in [0, 0.1) is 0 Å². The zero-order valence-corrected chi connectivity index (χ0v) is 21.4. The molecule has 0 aliphatic carbocycles. The minimum atomic E-state index is -0.260. The molecule has 6 nitrogen and oxygen atoms in total. The minimum Gasteiger partial charge on any atom is -0.497 e. The highest BCUT2D eigenvalue weighted by Gasteiger charge is 2.22. The molecular formula is C28H25ClN4O2S. The van der Waals surface area contributed by atoms with Crippen LogP contribution in [0.4, 0.5) is 5.69 Å². The summed E-state index contributed by atoms with van der Waals surface area (Å²) in [5.74, 6) is 0.576. The summed E-state index contributed by atoms with van der Waals surface area (Å²) in [5, 5.41) is 4.71. The number of halogens is 1. The van der Waals surface area contributed by atoms with Gasteiger partial charge in [0.25, 0.3) is 5.91 Å². The molecule has 1 N–H and O–H groups in total. The van der Waals surface area contributed by atoms with E-state index in [2.05, 4.69) is 22.3 Å². The first-order valence-corrected chi connectivity index (χ1v) is 12.5. The van der Waals surface area contributed by atoms with Crippen molar-refractivity contribution in [1.29, 1.82) is 0 Å². The standard InChI is InChI=1S/C28H25ClN4O2S/c1-35-20-12-10-19(11-13-20)32-14-16-33(17-15-32)28(36)31-27(34)23-18-26(22-7-2-4-8-24(22)29)30-25-9-5-3-6-21(23)25/h2-13,18H,14-17H2,1H3,(H,31,34,36). The van der Waals surface area contributed by atoms with Crippen LogP contribution in [0.3, 0.4) is 0 Å². The molecule has 36 heavy (non-hydrogen) atoms. The predicted molar refractivity (Wildman–Crippen MR) is 149 cm³/mol. The molecule has 0 radical (unpaired) electrons. The maximum absolute atomic E-state index is 13.4. The highest BCUT2D eigenvalue weighted by Crippen LogP contribution is 2.30. The molecule has 0 saturated carbocycles. The Bertz CT molecular complexity index is 1420. The Labute approximate surface area is 220 Å². The van der Waals surface area contributed by atoms with E-state index in [4.69, 9.17) is 33.5 Å². The number of carbonyl (C=O) groups is 1. The third-order valence-corrected chi connectivity index (χ3v) is 7.03. The lowest BCUT2D eigenvalue weighted by molar-refractivity contribution is 0.0974. The SMILES string of the molecule is COc1ccc(N2CCN(C(=S)NC(=O)c3cc(-c4ccccc4Cl)nc4ccccc34)CC2)cc1. The first-order valence-electron chi connectivity index (χ1n) is 11.7. The van der Waals surface area contributed by atoms with Gasteiger partial charge in [0.1, 0.15) is 5.75 Å². The van der Waals surface area contributed by atoms with Crippen LogP contribution < -0.4 is 15.0 Å². The summed E-state index contributed by atoms with van der Waals surface area (Å²) in [6.45, 7) is 3.04. The molecule has 0 atom stereocenters. The second kappa shape index (κ2) is 10.5. The summed E-state index contributed by atoms with van der Waals surface area (Å²) >= 11 is 12.1. The second-order valence-corrected chi connectivity index (χ2v) is 9.28. The van der Waals surface area contributed by atoms with Crippen LogP contribution in [0.15, 0.2) is 78.9 Å². The van der Waals surface area contributed by atoms with Gasteiger partial charge in [-0.1, -0.05) is 48.0 Å². The normalized spacial score (nSPS) is 13.5. The number of aromatic nitrogens is 1. The molecule has 182 valence electrons. The smallest absolute Gasteiger partial charge is 0.258 e. The predicted octanol–water partition coefficient (Wildman–Crippen LogP) is 5.40. The average molecular weight is 517 g/mol. The molecule has 2 heterocycles. The van der Waals surface area contributed by atoms with Crippen molar-refractivity contribution >= 4 is 51.4 Å². The third-order valence-electron chi connectivity index (χ3n) is 6.34. The van der Waals surface area contributed by atoms with Crippen molar-refractivity contribution < 1.29 is 9.53 Å². The van der Waals surface area contributed by atoms with Crippen molar-refractivity contribution in [2.24, 2.45) is 0 Å². The Morgan fingerprint density at radius 1 is 0.972 bits per heavy atom. The summed E-state index contributed by atoms with van der Waals surface area (Å²) in [6, 6.07) is 24.9. The molecule has 5 rings (SSSR count). The number of carbonyl (C=O) groups excluding carboxylic acids is 1. The summed E-state index contributed by atoms with van der Waals surface area (Å²) < 4.78 is 5.25. The highest BCUT2D eigenvalue weighted by molar-refractivity contribution is 7.80. The number of nitrogens with one attached hydrogen (secondary N) is 1. The lowest BCUT2D eigenvalue weighted by atomic mass is 10.0. The van der Waals surface area contributed by atoms with Gasteiger partial charge in [0.15, 0.2) is 5.11 Å². The van der Waals surface area contributed by atoms with Crippen LogP contribution in [0.1, 0.15) is 10.4 Å². The second-order valence-electron chi connectivity index (χ2n) is 8.48. The van der Waals surface area contributed by atoms with E-state index in [0.29, 0.717) is 34.5 Å². The van der Waals surface area contributed by atoms with Crippen LogP contribution in [0.5, 0.6) is 5.75 Å². The number of para-hydroxylation sites is 1. The number of hydrogen-bond acceptors (Lipinski definition) is 5. The van der Waals surface area contributed by atoms with E-state index in [1.54, 1.807) is 13.2 Å². The number of ether oxygens (including phenoxy) is 1. The van der Waals surface area contributed by atoms with Crippen LogP contribution >= 0.6 is 23.8 Å². The molecule has 4 aromatic rings. The maximum atomic E-state index is 13.4. The molecule has 1 aliphatic rings. The fourth-order valence-corrected chi connectivity index (χ4v) is 4.88. The number of pyridine rings is 1. The molecule has 0 spiro atoms. The number of nitrogens with zero attached hydrogens (tertiary/aromatic N) is 3. The number of hydrogen-bond donors (Lipinski definition) is 1. The Hall–Kier alpha value is -3.68. The Balaban J connectivity index is 1.32. The molecular weight excluding hydrogens is 492 g/mol. The van der Waals surface area contributed by atoms with Crippen molar-refractivity contribution in [3.05, 3.63) is 89.4 Å². The Morgan fingerprint density at radius 2 is 1.67 bits per heavy atom. The van der Waals surface area contributed by atoms with Crippen molar-refractivity contribution in [2.75, 3.05) is 38.2 Å². The monoisotopic (exact) mass is 516 g/mol. The lowest BCUT2D eigenvalue weighted by Gasteiger charge is -2.37. The van der Waals surface area contributed by atoms with E-state index >= 15 is 0 Å². The molecule has 1 saturated heterocycles. The molecule has 3 aromatic carbocycles. The molecule has 8 heteroatoms. The highest BCUT2D eigenvalue weighted by atomic mass is 35.5. The van der Waals surface area contributed by atoms with Crippen molar-refractivity contribution in [2.45, 2.75) is 0 Å². The van der Waals surface area contributed by atoms with E-state index < -0.39 is 0 Å². The number of fused-ring (bicyclic) bond motifs is 1. The van der Waals surface area contributed by atoms with Gasteiger partial charge in [0.05, 0.1) is 23.9 Å². The first kappa shape index (κ1) is 24.0. The van der Waals surface area contributed by atoms with Gasteiger partial charge in [-0.3, -0.25) is 10.1 Å². The fraction of sp³-hybridized carbons (Fsp3) is 0.179. The summed E-state index contributed by atoms with van der Waals surface area (Å²) in [6.07, 6.45) is 0. The minimum absolute atomic E-state index is 0.260. The van der Waals surface area contributed by atoms with Gasteiger partial charge in [-0.25, -0.2) is 4.98 Å². The van der Waals surface area contributed by atoms with Crippen LogP contribution in [-0.4, -0.2) is 54.2 Å². The number of rotatable bonds is 4. The van der Waals surface area contributed by atoms with E-state index in [9.17, 15) is 4.79 Å². The largest absolute Gasteiger partial charge is 0.497 e. The molecule has 0 bridgehead atoms. The zero-order valence-electron chi connectivity index (χ0n) is 19.8. The number of thiocarbonyl (C=S) groups is 1. The summed E-state index contributed by atoms with van der Waals surface area (Å²) in [4.78, 5) is 22.5. The van der Waals surface area contributed by atoms with Gasteiger partial charge in [-0.15, -0.1) is 0 Å². The first-order chi connectivity index (χ1) is 17.5. The van der Waals surface area contributed by atoms with Gasteiger partial charge >= 0.3 is 0 Å². The van der Waals surface area contributed by atoms with Crippen molar-refractivity contribution in [3.63, 3.8) is 0 Å². The van der Waals surface area contributed by atoms with Gasteiger partial charge in [-0.05, 0) is 54.7 Å². The van der Waals surface area contributed by atoms with E-state index in [-0.39, 0.29) is 5.91 Å². The molecule has 1 aromatic heterocycles. The van der Waals surface area contributed by atoms with Gasteiger partial charge in [-0.2, -0.15) is 0 Å². The number of piperazine rings is 1. The lowest BCUT2D eigenvalue weighted by Crippen LogP contribution is -2.52. The van der Waals surface area contributed by atoms with Gasteiger partial charge < -0.3 is 14.5 Å². The molecule has 1 amide bonds. The number of methoxy groups -OCH3 is 1. The number of amides is 1. The zero-order chi connectivity index (χ0) is 25.1. The topological polar surface area (TPSA) is 57.7 Å². The van der Waals surface area contributed by atoms with Gasteiger partial charge in [0, 0.05) is 47.8 Å². The van der Waals surface area contributed by atoms with E-state index in [1.165, 1.54) is 0 Å². The van der Waals surface area contributed by atoms with Gasteiger partial charge in [0.2, 0.25) is 0 Å². The Kier molecular flexibility index (Phi) is 7.02. The quantitative estimate of drug-likeness (QED) is 0.366. The third kappa shape index (κ3) is 4.98. The maximum Gasteiger partial charge on any atom is 0.258 e. The summed E-state index contributed by atoms with van der Waals surface area (Å²) in [5.41, 5.74) is 3.79. The number of anilines is 1. The molecule has 1 fully saturated rings. The molecule has 0 unspecified atom stereocenters. The van der Waals surface area contributed by atoms with Crippen LogP contribution in [-0.2, 0) is 0 Å². The number of benzene rings is 3. The van der Waals surface area contributed by atoms with E-state index in [0.717, 1.165) is 41.0 Å². The van der Waals surface area contributed by atoms with Crippen LogP contribution in [0.2, 0.25) is 5.02 Å². The Morgan fingerprint density at radius 3 is 2.39 bits per heavy atom. The van der Waals surface area contributed by atoms with Crippen LogP contribution in [0.25, 0.3) is 22.2 Å². The van der Waals surface area contributed by atoms with E-state index in [1.807, 2.05) is 65.6 Å².